The van der Waals surface area contributed by atoms with Crippen LogP contribution in [-0.4, -0.2) is 60.2 Å². The Kier molecular flexibility index (Phi) is 7.90. The number of alkyl halides is 3. The topological polar surface area (TPSA) is 61.7 Å². The van der Waals surface area contributed by atoms with Gasteiger partial charge in [-0.2, -0.15) is 13.2 Å². The smallest absolute Gasteiger partial charge is 0.353 e. The van der Waals surface area contributed by atoms with Gasteiger partial charge in [-0.1, -0.05) is 19.4 Å². The molecule has 1 fully saturated rings. The lowest BCUT2D eigenvalue weighted by Crippen LogP contribution is -2.50. The maximum atomic E-state index is 14.3. The molecule has 6 nitrogen and oxygen atoms in total. The molecule has 0 bridgehead atoms. The number of unbranched alkanes of at least 4 members (excludes halogenated alkanes) is 1. The first-order valence-electron chi connectivity index (χ1n) is 12.4. The van der Waals surface area contributed by atoms with E-state index in [0.717, 1.165) is 36.5 Å². The zero-order valence-electron chi connectivity index (χ0n) is 20.4. The highest BCUT2D eigenvalue weighted by Crippen LogP contribution is 2.38. The summed E-state index contributed by atoms with van der Waals surface area (Å²) in [5.41, 5.74) is 1.21. The van der Waals surface area contributed by atoms with Crippen LogP contribution in [0.5, 0.6) is 0 Å². The van der Waals surface area contributed by atoms with Crippen LogP contribution in [0.3, 0.4) is 0 Å². The highest BCUT2D eigenvalue weighted by Gasteiger charge is 2.36. The normalized spacial score (nSPS) is 18.8. The van der Waals surface area contributed by atoms with Gasteiger partial charge in [-0.15, -0.1) is 0 Å². The van der Waals surface area contributed by atoms with Crippen molar-refractivity contribution >= 4 is 18.4 Å². The number of fused-ring (bicyclic) bond motifs is 1. The Labute approximate surface area is 208 Å². The predicted molar refractivity (Wildman–Crippen MR) is 130 cm³/mol. The summed E-state index contributed by atoms with van der Waals surface area (Å²) in [4.78, 5) is 30.2. The van der Waals surface area contributed by atoms with Crippen molar-refractivity contribution in [2.75, 3.05) is 37.6 Å². The number of aromatic nitrogens is 2. The van der Waals surface area contributed by atoms with Gasteiger partial charge in [0.25, 0.3) is 0 Å². The average Bonchev–Trinajstić information content (AvgIpc) is 3.24. The number of benzene rings is 1. The largest absolute Gasteiger partial charge is 0.419 e. The molecule has 10 heteroatoms. The lowest BCUT2D eigenvalue weighted by atomic mass is 9.90. The van der Waals surface area contributed by atoms with E-state index in [2.05, 4.69) is 33.5 Å². The van der Waals surface area contributed by atoms with Crippen LogP contribution in [0.2, 0.25) is 0 Å². The lowest BCUT2D eigenvalue weighted by molar-refractivity contribution is -0.140. The second-order valence-corrected chi connectivity index (χ2v) is 9.54. The van der Waals surface area contributed by atoms with E-state index in [0.29, 0.717) is 57.9 Å². The molecule has 2 atom stereocenters. The Morgan fingerprint density at radius 1 is 1.19 bits per heavy atom. The number of carbonyl (C=O) groups excluding carboxylic acids is 1. The molecule has 1 amide bonds. The standard InChI is InChI=1S/C26H31F4N5O/c1-17-6-9-22-23(17)24(33-16-32-22)34-11-13-35(14-12-34)25(36)19(5-3-4-10-31-2)18-7-8-20(21(27)15-18)26(28,29)30/h7-8,15-17,19H,2-6,9-14H2,1H3/t17-,19-/m1/s1. The summed E-state index contributed by atoms with van der Waals surface area (Å²) >= 11 is 0. The van der Waals surface area contributed by atoms with Gasteiger partial charge in [0.2, 0.25) is 5.91 Å². The molecule has 1 aromatic heterocycles. The first-order valence-corrected chi connectivity index (χ1v) is 12.4. The Morgan fingerprint density at radius 2 is 1.94 bits per heavy atom. The van der Waals surface area contributed by atoms with Crippen LogP contribution in [0.1, 0.15) is 66.8 Å². The van der Waals surface area contributed by atoms with Crippen molar-refractivity contribution in [2.24, 2.45) is 4.99 Å². The van der Waals surface area contributed by atoms with Crippen LogP contribution in [0, 0.1) is 5.82 Å². The van der Waals surface area contributed by atoms with E-state index in [4.69, 9.17) is 0 Å². The fraction of sp³-hybridized carbons (Fsp3) is 0.538. The highest BCUT2D eigenvalue weighted by molar-refractivity contribution is 5.84. The SMILES string of the molecule is C=NCCCC[C@@H](C(=O)N1CCN(c2ncnc3c2[C@H](C)CC3)CC1)c1ccc(C(F)(F)F)c(F)c1. The van der Waals surface area contributed by atoms with Crippen LogP contribution in [-0.2, 0) is 17.4 Å². The molecule has 0 radical (unpaired) electrons. The van der Waals surface area contributed by atoms with Crippen molar-refractivity contribution in [1.82, 2.24) is 14.9 Å². The number of hydrogen-bond acceptors (Lipinski definition) is 5. The number of nitrogens with zero attached hydrogens (tertiary/aromatic N) is 5. The van der Waals surface area contributed by atoms with E-state index in [1.807, 2.05) is 0 Å². The number of carbonyl (C=O) groups is 1. The van der Waals surface area contributed by atoms with E-state index in [9.17, 15) is 22.4 Å². The molecule has 2 aliphatic rings. The van der Waals surface area contributed by atoms with E-state index >= 15 is 0 Å². The fourth-order valence-electron chi connectivity index (χ4n) is 5.22. The van der Waals surface area contributed by atoms with Crippen molar-refractivity contribution in [3.63, 3.8) is 0 Å². The second kappa shape index (κ2) is 10.9. The van der Waals surface area contributed by atoms with Crippen LogP contribution >= 0.6 is 0 Å². The number of aliphatic imine (C=N–C) groups is 1. The second-order valence-electron chi connectivity index (χ2n) is 9.54. The molecular weight excluding hydrogens is 474 g/mol. The molecule has 194 valence electrons. The molecule has 0 spiro atoms. The number of piperazine rings is 1. The summed E-state index contributed by atoms with van der Waals surface area (Å²) < 4.78 is 53.5. The van der Waals surface area contributed by atoms with Crippen molar-refractivity contribution < 1.29 is 22.4 Å². The summed E-state index contributed by atoms with van der Waals surface area (Å²) in [6.45, 7) is 8.26. The first kappa shape index (κ1) is 26.0. The Morgan fingerprint density at radius 3 is 2.61 bits per heavy atom. The molecule has 0 saturated carbocycles. The van der Waals surface area contributed by atoms with Crippen LogP contribution < -0.4 is 4.90 Å². The molecule has 4 rings (SSSR count). The third kappa shape index (κ3) is 5.52. The van der Waals surface area contributed by atoms with Gasteiger partial charge >= 0.3 is 6.18 Å². The number of hydrogen-bond donors (Lipinski definition) is 0. The predicted octanol–water partition coefficient (Wildman–Crippen LogP) is 4.99. The molecule has 0 N–H and O–H groups in total. The fourth-order valence-corrected chi connectivity index (χ4v) is 5.22. The van der Waals surface area contributed by atoms with Crippen LogP contribution in [0.4, 0.5) is 23.4 Å². The van der Waals surface area contributed by atoms with Gasteiger partial charge < -0.3 is 14.8 Å². The molecule has 2 heterocycles. The summed E-state index contributed by atoms with van der Waals surface area (Å²) in [7, 11) is 0. The molecule has 1 saturated heterocycles. The minimum absolute atomic E-state index is 0.193. The van der Waals surface area contributed by atoms with Gasteiger partial charge in [-0.3, -0.25) is 4.79 Å². The van der Waals surface area contributed by atoms with Gasteiger partial charge in [0.1, 0.15) is 18.0 Å². The third-order valence-electron chi connectivity index (χ3n) is 7.20. The van der Waals surface area contributed by atoms with Crippen LogP contribution in [0.25, 0.3) is 0 Å². The summed E-state index contributed by atoms with van der Waals surface area (Å²) in [6.07, 6.45) is 0.522. The highest BCUT2D eigenvalue weighted by atomic mass is 19.4. The van der Waals surface area contributed by atoms with E-state index < -0.39 is 23.5 Å². The summed E-state index contributed by atoms with van der Waals surface area (Å²) in [5, 5.41) is 0. The number of halogens is 4. The third-order valence-corrected chi connectivity index (χ3v) is 7.20. The minimum Gasteiger partial charge on any atom is -0.353 e. The Bertz CT molecular complexity index is 1100. The van der Waals surface area contributed by atoms with E-state index in [1.165, 1.54) is 11.6 Å². The van der Waals surface area contributed by atoms with Crippen molar-refractivity contribution in [3.8, 4) is 0 Å². The first-order chi connectivity index (χ1) is 17.2. The van der Waals surface area contributed by atoms with E-state index in [1.54, 1.807) is 11.2 Å². The van der Waals surface area contributed by atoms with Crippen molar-refractivity contribution in [2.45, 2.75) is 57.0 Å². The Balaban J connectivity index is 1.49. The number of anilines is 1. The molecule has 1 aliphatic carbocycles. The molecule has 36 heavy (non-hydrogen) atoms. The maximum Gasteiger partial charge on any atom is 0.419 e. The zero-order chi connectivity index (χ0) is 25.9. The average molecular weight is 506 g/mol. The van der Waals surface area contributed by atoms with Gasteiger partial charge in [-0.05, 0) is 56.0 Å². The van der Waals surface area contributed by atoms with Gasteiger partial charge in [0.05, 0.1) is 11.5 Å². The summed E-state index contributed by atoms with van der Waals surface area (Å²) in [6, 6.07) is 2.81. The quantitative estimate of drug-likeness (QED) is 0.288. The molecule has 1 aromatic carbocycles. The Hall–Kier alpha value is -3.04. The monoisotopic (exact) mass is 505 g/mol. The molecular formula is C26H31F4N5O. The number of aryl methyl sites for hydroxylation is 1. The minimum atomic E-state index is -4.78. The number of amides is 1. The maximum absolute atomic E-state index is 14.3. The molecule has 2 aromatic rings. The summed E-state index contributed by atoms with van der Waals surface area (Å²) in [5.74, 6) is -0.958. The van der Waals surface area contributed by atoms with Gasteiger partial charge in [0, 0.05) is 44.0 Å². The zero-order valence-corrected chi connectivity index (χ0v) is 20.4. The lowest BCUT2D eigenvalue weighted by Gasteiger charge is -2.38. The van der Waals surface area contributed by atoms with Gasteiger partial charge in [0.15, 0.2) is 0 Å². The molecule has 1 aliphatic heterocycles. The van der Waals surface area contributed by atoms with Crippen molar-refractivity contribution in [1.29, 1.82) is 0 Å². The van der Waals surface area contributed by atoms with Crippen molar-refractivity contribution in [3.05, 3.63) is 52.7 Å². The number of rotatable bonds is 8. The van der Waals surface area contributed by atoms with Crippen LogP contribution in [0.15, 0.2) is 29.5 Å². The molecule has 0 unspecified atom stereocenters. The van der Waals surface area contributed by atoms with Gasteiger partial charge in [-0.25, -0.2) is 14.4 Å². The van der Waals surface area contributed by atoms with E-state index in [-0.39, 0.29) is 11.5 Å².